The fraction of sp³-hybridized carbons (Fsp3) is 0.667. The molecule has 1 aromatic rings. The van der Waals surface area contributed by atoms with Gasteiger partial charge in [-0.1, -0.05) is 12.8 Å². The summed E-state index contributed by atoms with van der Waals surface area (Å²) in [4.78, 5) is 24.4. The molecule has 8 heteroatoms. The molecule has 0 amide bonds. The maximum atomic E-state index is 12.2. The summed E-state index contributed by atoms with van der Waals surface area (Å²) in [6.07, 6.45) is 8.89. The van der Waals surface area contributed by atoms with Gasteiger partial charge < -0.3 is 22.9 Å². The molecule has 2 atom stereocenters. The molecular formula is C15H29N6O2+. The number of nitrogens with zero attached hydrogens (tertiary/aromatic N) is 2. The third-order valence-corrected chi connectivity index (χ3v) is 3.72. The van der Waals surface area contributed by atoms with Crippen molar-refractivity contribution in [3.05, 3.63) is 18.7 Å². The molecule has 8 N–H and O–H groups in total. The van der Waals surface area contributed by atoms with E-state index >= 15 is 0 Å². The van der Waals surface area contributed by atoms with Crippen molar-refractivity contribution in [3.63, 3.8) is 0 Å². The van der Waals surface area contributed by atoms with E-state index in [-0.39, 0.29) is 11.8 Å². The van der Waals surface area contributed by atoms with Gasteiger partial charge in [-0.3, -0.25) is 0 Å². The number of aromatic nitrogens is 2. The lowest BCUT2D eigenvalue weighted by Gasteiger charge is -2.07. The van der Waals surface area contributed by atoms with Gasteiger partial charge in [0.15, 0.2) is 0 Å². The molecule has 0 aliphatic heterocycles. The third-order valence-electron chi connectivity index (χ3n) is 3.72. The van der Waals surface area contributed by atoms with E-state index in [1.54, 1.807) is 0 Å². The van der Waals surface area contributed by atoms with Crippen LogP contribution >= 0.6 is 0 Å². The van der Waals surface area contributed by atoms with Crippen molar-refractivity contribution >= 4 is 11.8 Å². The molecule has 130 valence electrons. The molecule has 8 nitrogen and oxygen atoms in total. The van der Waals surface area contributed by atoms with Crippen LogP contribution in [0.4, 0.5) is 0 Å². The molecule has 0 aromatic carbocycles. The van der Waals surface area contributed by atoms with Gasteiger partial charge in [-0.25, -0.2) is 9.59 Å². The Kier molecular flexibility index (Phi) is 8.64. The van der Waals surface area contributed by atoms with E-state index in [1.165, 1.54) is 27.9 Å². The number of rotatable bonds is 10. The normalized spacial score (nSPS) is 13.7. The Hall–Kier alpha value is -1.61. The molecule has 0 saturated carbocycles. The number of hydrogen-bond acceptors (Lipinski definition) is 6. The molecule has 0 fully saturated rings. The molecule has 23 heavy (non-hydrogen) atoms. The van der Waals surface area contributed by atoms with Crippen LogP contribution in [0.15, 0.2) is 18.7 Å². The summed E-state index contributed by atoms with van der Waals surface area (Å²) < 4.78 is 2.66. The number of carbonyl (C=O) groups is 2. The first-order chi connectivity index (χ1) is 11.0. The fourth-order valence-electron chi connectivity index (χ4n) is 2.26. The Morgan fingerprint density at radius 3 is 2.09 bits per heavy atom. The highest BCUT2D eigenvalue weighted by molar-refractivity contribution is 5.84. The Labute approximate surface area is 136 Å². The highest BCUT2D eigenvalue weighted by atomic mass is 16.2. The van der Waals surface area contributed by atoms with Crippen molar-refractivity contribution in [2.24, 2.45) is 22.9 Å². The van der Waals surface area contributed by atoms with Crippen LogP contribution in [-0.2, 0) is 0 Å². The van der Waals surface area contributed by atoms with Crippen LogP contribution in [0, 0.1) is 0 Å². The standard InChI is InChI=1S/C15H29N6O2/c16-7-3-1-5-12(18)14(22)20-9-10-21(11-20)15(23)13(19)6-2-4-8-17/h9-13H,1-8,16-19H2/q+1/t12-,13-/m0/s1. The first-order valence-electron chi connectivity index (χ1n) is 8.10. The van der Waals surface area contributed by atoms with Crippen LogP contribution in [0.5, 0.6) is 0 Å². The number of unbranched alkanes of at least 4 members (excludes halogenated alkanes) is 2. The van der Waals surface area contributed by atoms with E-state index in [0.29, 0.717) is 25.9 Å². The van der Waals surface area contributed by atoms with Gasteiger partial charge in [0.1, 0.15) is 24.5 Å². The highest BCUT2D eigenvalue weighted by Crippen LogP contribution is 2.02. The van der Waals surface area contributed by atoms with Crippen LogP contribution in [-0.4, -0.2) is 41.6 Å². The summed E-state index contributed by atoms with van der Waals surface area (Å²) in [5.41, 5.74) is 22.6. The van der Waals surface area contributed by atoms with Crippen molar-refractivity contribution in [1.82, 2.24) is 4.57 Å². The first kappa shape index (κ1) is 19.4. The van der Waals surface area contributed by atoms with Gasteiger partial charge in [0.25, 0.3) is 6.33 Å². The Morgan fingerprint density at radius 2 is 1.52 bits per heavy atom. The second kappa shape index (κ2) is 10.2. The summed E-state index contributed by atoms with van der Waals surface area (Å²) >= 11 is 0. The largest absolute Gasteiger partial charge is 0.330 e. The maximum absolute atomic E-state index is 12.2. The van der Waals surface area contributed by atoms with Gasteiger partial charge in [0.05, 0.1) is 0 Å². The lowest BCUT2D eigenvalue weighted by molar-refractivity contribution is -0.574. The summed E-state index contributed by atoms with van der Waals surface area (Å²) in [7, 11) is 0. The Bertz CT molecular complexity index is 459. The molecular weight excluding hydrogens is 296 g/mol. The van der Waals surface area contributed by atoms with Crippen molar-refractivity contribution in [2.75, 3.05) is 13.1 Å². The predicted molar refractivity (Wildman–Crippen MR) is 87.6 cm³/mol. The number of nitrogens with two attached hydrogens (primary N) is 4. The molecule has 0 spiro atoms. The lowest BCUT2D eigenvalue weighted by atomic mass is 10.1. The number of hydrogen-bond donors (Lipinski definition) is 4. The van der Waals surface area contributed by atoms with E-state index < -0.39 is 12.1 Å². The molecule has 0 aliphatic rings. The van der Waals surface area contributed by atoms with E-state index in [0.717, 1.165) is 25.7 Å². The zero-order valence-electron chi connectivity index (χ0n) is 13.6. The van der Waals surface area contributed by atoms with Gasteiger partial charge in [0.2, 0.25) is 0 Å². The van der Waals surface area contributed by atoms with Crippen LogP contribution in [0.1, 0.15) is 48.1 Å². The minimum absolute atomic E-state index is 0.245. The average molecular weight is 325 g/mol. The topological polar surface area (TPSA) is 147 Å². The molecule has 1 aromatic heterocycles. The molecule has 0 aliphatic carbocycles. The number of imidazole rings is 1. The second-order valence-corrected chi connectivity index (χ2v) is 5.69. The second-order valence-electron chi connectivity index (χ2n) is 5.69. The van der Waals surface area contributed by atoms with Crippen molar-refractivity contribution in [3.8, 4) is 0 Å². The highest BCUT2D eigenvalue weighted by Gasteiger charge is 2.25. The lowest BCUT2D eigenvalue weighted by Crippen LogP contribution is -2.51. The molecule has 1 rings (SSSR count). The van der Waals surface area contributed by atoms with Gasteiger partial charge >= 0.3 is 11.8 Å². The van der Waals surface area contributed by atoms with E-state index in [2.05, 4.69) is 0 Å². The fourth-order valence-corrected chi connectivity index (χ4v) is 2.26. The van der Waals surface area contributed by atoms with Crippen molar-refractivity contribution in [1.29, 1.82) is 0 Å². The van der Waals surface area contributed by atoms with Crippen LogP contribution in [0.2, 0.25) is 0 Å². The van der Waals surface area contributed by atoms with E-state index in [1.807, 2.05) is 0 Å². The maximum Gasteiger partial charge on any atom is 0.330 e. The minimum atomic E-state index is -0.601. The summed E-state index contributed by atoms with van der Waals surface area (Å²) in [6.45, 7) is 1.17. The van der Waals surface area contributed by atoms with Crippen LogP contribution in [0.25, 0.3) is 0 Å². The van der Waals surface area contributed by atoms with Crippen molar-refractivity contribution < 1.29 is 14.2 Å². The number of carbonyl (C=O) groups excluding carboxylic acids is 2. The molecule has 0 unspecified atom stereocenters. The third kappa shape index (κ3) is 6.19. The average Bonchev–Trinajstić information content (AvgIpc) is 3.03. The van der Waals surface area contributed by atoms with E-state index in [4.69, 9.17) is 22.9 Å². The SMILES string of the molecule is NCCCC[C@H](N)C(=O)n1cc[n+](C(=O)[C@@H](N)CCCCN)c1. The summed E-state index contributed by atoms with van der Waals surface area (Å²) in [5.74, 6) is -0.490. The van der Waals surface area contributed by atoms with Crippen molar-refractivity contribution in [2.45, 2.75) is 50.6 Å². The summed E-state index contributed by atoms with van der Waals surface area (Å²) in [6, 6.07) is -1.20. The van der Waals surface area contributed by atoms with Gasteiger partial charge in [-0.2, -0.15) is 9.13 Å². The Balaban J connectivity index is 2.58. The zero-order chi connectivity index (χ0) is 17.2. The monoisotopic (exact) mass is 325 g/mol. The first-order valence-corrected chi connectivity index (χ1v) is 8.10. The van der Waals surface area contributed by atoms with Gasteiger partial charge in [0, 0.05) is 0 Å². The molecule has 0 radical (unpaired) electrons. The Morgan fingerprint density at radius 1 is 0.957 bits per heavy atom. The predicted octanol–water partition coefficient (Wildman–Crippen LogP) is -1.03. The molecule has 1 heterocycles. The zero-order valence-corrected chi connectivity index (χ0v) is 13.6. The minimum Gasteiger partial charge on any atom is -0.330 e. The van der Waals surface area contributed by atoms with Gasteiger partial charge in [-0.15, -0.1) is 0 Å². The van der Waals surface area contributed by atoms with Gasteiger partial charge in [-0.05, 0) is 38.8 Å². The van der Waals surface area contributed by atoms with Crippen LogP contribution < -0.4 is 27.5 Å². The van der Waals surface area contributed by atoms with E-state index in [9.17, 15) is 9.59 Å². The summed E-state index contributed by atoms with van der Waals surface area (Å²) in [5, 5.41) is 0. The smallest absolute Gasteiger partial charge is 0.330 e. The molecule has 0 bridgehead atoms. The van der Waals surface area contributed by atoms with Crippen LogP contribution in [0.3, 0.4) is 0 Å². The molecule has 0 saturated heterocycles. The quantitative estimate of drug-likeness (QED) is 0.319.